The summed E-state index contributed by atoms with van der Waals surface area (Å²) in [5.41, 5.74) is 6.04. The maximum Gasteiger partial charge on any atom is 0.328 e. The summed E-state index contributed by atoms with van der Waals surface area (Å²) >= 11 is 0. The van der Waals surface area contributed by atoms with E-state index in [0.717, 1.165) is 28.7 Å². The number of benzene rings is 1. The standard InChI is InChI=1S/C16H18N2O2/c1-10-5-6-14(9-11(10)2)18-13(4)15(12(3)17-18)7-8-16(19)20/h5-9H,1-4H3,(H,19,20)/b8-7+. The van der Waals surface area contributed by atoms with Crippen LogP contribution in [-0.4, -0.2) is 20.9 Å². The molecule has 0 amide bonds. The molecular weight excluding hydrogens is 252 g/mol. The first kappa shape index (κ1) is 14.1. The van der Waals surface area contributed by atoms with Gasteiger partial charge in [0.05, 0.1) is 11.4 Å². The molecule has 0 aliphatic rings. The SMILES string of the molecule is Cc1ccc(-n2nc(C)c(/C=C/C(=O)O)c2C)cc1C. The topological polar surface area (TPSA) is 55.1 Å². The molecule has 1 aromatic heterocycles. The van der Waals surface area contributed by atoms with Gasteiger partial charge in [0.25, 0.3) is 0 Å². The predicted octanol–water partition coefficient (Wildman–Crippen LogP) is 3.20. The van der Waals surface area contributed by atoms with E-state index in [1.165, 1.54) is 11.1 Å². The van der Waals surface area contributed by atoms with Gasteiger partial charge in [0, 0.05) is 17.3 Å². The minimum Gasteiger partial charge on any atom is -0.478 e. The average Bonchev–Trinajstić information content (AvgIpc) is 2.66. The third-order valence-electron chi connectivity index (χ3n) is 3.47. The van der Waals surface area contributed by atoms with E-state index >= 15 is 0 Å². The highest BCUT2D eigenvalue weighted by atomic mass is 16.4. The van der Waals surface area contributed by atoms with Gasteiger partial charge in [-0.15, -0.1) is 0 Å². The van der Waals surface area contributed by atoms with E-state index in [1.54, 1.807) is 6.08 Å². The van der Waals surface area contributed by atoms with Gasteiger partial charge < -0.3 is 5.11 Å². The zero-order valence-electron chi connectivity index (χ0n) is 12.1. The first-order chi connectivity index (χ1) is 9.40. The van der Waals surface area contributed by atoms with Crippen LogP contribution in [0, 0.1) is 27.7 Å². The lowest BCUT2D eigenvalue weighted by Gasteiger charge is -2.07. The molecule has 0 unspecified atom stereocenters. The summed E-state index contributed by atoms with van der Waals surface area (Å²) in [7, 11) is 0. The van der Waals surface area contributed by atoms with Crippen molar-refractivity contribution >= 4 is 12.0 Å². The molecule has 104 valence electrons. The van der Waals surface area contributed by atoms with E-state index in [9.17, 15) is 4.79 Å². The van der Waals surface area contributed by atoms with Crippen LogP contribution in [-0.2, 0) is 4.79 Å². The van der Waals surface area contributed by atoms with Crippen molar-refractivity contribution in [2.24, 2.45) is 0 Å². The van der Waals surface area contributed by atoms with Crippen LogP contribution in [0.5, 0.6) is 0 Å². The Morgan fingerprint density at radius 3 is 2.50 bits per heavy atom. The number of hydrogen-bond acceptors (Lipinski definition) is 2. The minimum absolute atomic E-state index is 0.818. The van der Waals surface area contributed by atoms with Crippen molar-refractivity contribution in [2.45, 2.75) is 27.7 Å². The first-order valence-corrected chi connectivity index (χ1v) is 6.45. The van der Waals surface area contributed by atoms with Crippen LogP contribution < -0.4 is 0 Å². The lowest BCUT2D eigenvalue weighted by Crippen LogP contribution is -2.00. The van der Waals surface area contributed by atoms with Crippen molar-refractivity contribution in [3.8, 4) is 5.69 Å². The van der Waals surface area contributed by atoms with Gasteiger partial charge in [0.1, 0.15) is 0 Å². The van der Waals surface area contributed by atoms with Crippen molar-refractivity contribution < 1.29 is 9.90 Å². The van der Waals surface area contributed by atoms with Crippen LogP contribution in [0.25, 0.3) is 11.8 Å². The van der Waals surface area contributed by atoms with Crippen LogP contribution in [0.2, 0.25) is 0 Å². The number of nitrogens with zero attached hydrogens (tertiary/aromatic N) is 2. The second-order valence-electron chi connectivity index (χ2n) is 4.94. The Kier molecular flexibility index (Phi) is 3.74. The fraction of sp³-hybridized carbons (Fsp3) is 0.250. The zero-order valence-corrected chi connectivity index (χ0v) is 12.1. The third-order valence-corrected chi connectivity index (χ3v) is 3.47. The Bertz CT molecular complexity index is 697. The molecule has 0 fully saturated rings. The summed E-state index contributed by atoms with van der Waals surface area (Å²) in [6.07, 6.45) is 2.74. The Morgan fingerprint density at radius 2 is 1.90 bits per heavy atom. The van der Waals surface area contributed by atoms with E-state index in [2.05, 4.69) is 31.1 Å². The van der Waals surface area contributed by atoms with E-state index in [-0.39, 0.29) is 0 Å². The minimum atomic E-state index is -0.956. The van der Waals surface area contributed by atoms with Crippen LogP contribution in [0.4, 0.5) is 0 Å². The molecule has 0 aliphatic heterocycles. The molecule has 2 rings (SSSR count). The highest BCUT2D eigenvalue weighted by Gasteiger charge is 2.11. The van der Waals surface area contributed by atoms with Gasteiger partial charge in [-0.05, 0) is 57.0 Å². The average molecular weight is 270 g/mol. The highest BCUT2D eigenvalue weighted by Crippen LogP contribution is 2.21. The molecule has 0 atom stereocenters. The summed E-state index contributed by atoms with van der Waals surface area (Å²) in [5.74, 6) is -0.956. The summed E-state index contributed by atoms with van der Waals surface area (Å²) in [5, 5.41) is 13.2. The Morgan fingerprint density at radius 1 is 1.20 bits per heavy atom. The summed E-state index contributed by atoms with van der Waals surface area (Å²) in [6, 6.07) is 6.17. The molecule has 0 saturated carbocycles. The van der Waals surface area contributed by atoms with E-state index in [0.29, 0.717) is 0 Å². The summed E-state index contributed by atoms with van der Waals surface area (Å²) < 4.78 is 1.85. The second-order valence-corrected chi connectivity index (χ2v) is 4.94. The Balaban J connectivity index is 2.51. The van der Waals surface area contributed by atoms with Gasteiger partial charge in [0.15, 0.2) is 0 Å². The first-order valence-electron chi connectivity index (χ1n) is 6.45. The van der Waals surface area contributed by atoms with Crippen molar-refractivity contribution in [2.75, 3.05) is 0 Å². The molecule has 4 nitrogen and oxygen atoms in total. The number of rotatable bonds is 3. The Labute approximate surface area is 118 Å². The molecule has 0 saturated heterocycles. The summed E-state index contributed by atoms with van der Waals surface area (Å²) in [4.78, 5) is 10.6. The lowest BCUT2D eigenvalue weighted by molar-refractivity contribution is -0.131. The molecule has 20 heavy (non-hydrogen) atoms. The fourth-order valence-corrected chi connectivity index (χ4v) is 2.16. The van der Waals surface area contributed by atoms with Crippen LogP contribution in [0.15, 0.2) is 24.3 Å². The van der Waals surface area contributed by atoms with Crippen molar-refractivity contribution in [3.63, 3.8) is 0 Å². The number of carbonyl (C=O) groups is 1. The normalized spacial score (nSPS) is 11.2. The maximum atomic E-state index is 10.6. The van der Waals surface area contributed by atoms with Gasteiger partial charge in [-0.1, -0.05) is 6.07 Å². The van der Waals surface area contributed by atoms with Crippen molar-refractivity contribution in [1.82, 2.24) is 9.78 Å². The second kappa shape index (κ2) is 5.33. The fourth-order valence-electron chi connectivity index (χ4n) is 2.16. The molecule has 1 heterocycles. The van der Waals surface area contributed by atoms with Crippen LogP contribution in [0.3, 0.4) is 0 Å². The van der Waals surface area contributed by atoms with Gasteiger partial charge in [-0.3, -0.25) is 0 Å². The van der Waals surface area contributed by atoms with E-state index < -0.39 is 5.97 Å². The van der Waals surface area contributed by atoms with Gasteiger partial charge >= 0.3 is 5.97 Å². The van der Waals surface area contributed by atoms with Crippen molar-refractivity contribution in [3.05, 3.63) is 52.4 Å². The molecule has 0 aliphatic carbocycles. The van der Waals surface area contributed by atoms with Crippen LogP contribution in [0.1, 0.15) is 28.1 Å². The number of aromatic nitrogens is 2. The van der Waals surface area contributed by atoms with Gasteiger partial charge in [0.2, 0.25) is 0 Å². The number of aryl methyl sites for hydroxylation is 3. The molecule has 1 N–H and O–H groups in total. The van der Waals surface area contributed by atoms with Gasteiger partial charge in [-0.25, -0.2) is 9.48 Å². The molecule has 0 bridgehead atoms. The van der Waals surface area contributed by atoms with Gasteiger partial charge in [-0.2, -0.15) is 5.10 Å². The molecule has 1 aromatic carbocycles. The number of hydrogen-bond donors (Lipinski definition) is 1. The lowest BCUT2D eigenvalue weighted by atomic mass is 10.1. The van der Waals surface area contributed by atoms with Crippen molar-refractivity contribution in [1.29, 1.82) is 0 Å². The van der Waals surface area contributed by atoms with E-state index in [4.69, 9.17) is 5.11 Å². The summed E-state index contributed by atoms with van der Waals surface area (Å²) in [6.45, 7) is 7.96. The number of carboxylic acids is 1. The van der Waals surface area contributed by atoms with E-state index in [1.807, 2.05) is 24.6 Å². The quantitative estimate of drug-likeness (QED) is 0.871. The smallest absolute Gasteiger partial charge is 0.328 e. The largest absolute Gasteiger partial charge is 0.478 e. The molecule has 2 aromatic rings. The molecular formula is C16H18N2O2. The monoisotopic (exact) mass is 270 g/mol. The molecule has 0 radical (unpaired) electrons. The molecule has 4 heteroatoms. The third kappa shape index (κ3) is 2.64. The number of carboxylic acid groups (broad SMARTS) is 1. The Hall–Kier alpha value is -2.36. The predicted molar refractivity (Wildman–Crippen MR) is 79.2 cm³/mol. The highest BCUT2D eigenvalue weighted by molar-refractivity contribution is 5.85. The zero-order chi connectivity index (χ0) is 14.9. The maximum absolute atomic E-state index is 10.6. The van der Waals surface area contributed by atoms with Crippen LogP contribution >= 0.6 is 0 Å². The molecule has 0 spiro atoms. The number of aliphatic carboxylic acids is 1.